The maximum absolute atomic E-state index is 12.4. The molecular formula is C21H22F3NO3. The van der Waals surface area contributed by atoms with E-state index < -0.39 is 18.7 Å². The van der Waals surface area contributed by atoms with Crippen LogP contribution in [-0.4, -0.2) is 35.3 Å². The highest BCUT2D eigenvalue weighted by molar-refractivity contribution is 5.81. The molecule has 150 valence electrons. The van der Waals surface area contributed by atoms with Crippen LogP contribution in [0.1, 0.15) is 47.9 Å². The van der Waals surface area contributed by atoms with Crippen molar-refractivity contribution in [3.8, 4) is 5.75 Å². The number of carbonyl (C=O) groups is 1. The minimum Gasteiger partial charge on any atom is -0.483 e. The quantitative estimate of drug-likeness (QED) is 0.694. The van der Waals surface area contributed by atoms with Gasteiger partial charge >= 0.3 is 6.18 Å². The lowest BCUT2D eigenvalue weighted by Gasteiger charge is -2.14. The third-order valence-electron chi connectivity index (χ3n) is 4.70. The van der Waals surface area contributed by atoms with Crippen LogP contribution >= 0.6 is 0 Å². The molecule has 1 heterocycles. The van der Waals surface area contributed by atoms with Crippen molar-refractivity contribution in [2.75, 3.05) is 13.2 Å². The molecule has 0 bridgehead atoms. The highest BCUT2D eigenvalue weighted by Crippen LogP contribution is 2.39. The number of ketones is 1. The van der Waals surface area contributed by atoms with Gasteiger partial charge < -0.3 is 9.84 Å². The van der Waals surface area contributed by atoms with E-state index in [9.17, 15) is 23.1 Å². The number of Topliss-reactive ketones (excluding diaryl/α,β-unsaturated/α-hetero) is 1. The summed E-state index contributed by atoms with van der Waals surface area (Å²) < 4.78 is 41.1. The number of aliphatic hydroxyl groups excluding tert-OH is 1. The van der Waals surface area contributed by atoms with Gasteiger partial charge in [-0.05, 0) is 42.0 Å². The molecule has 1 aromatic carbocycles. The van der Waals surface area contributed by atoms with E-state index in [1.165, 1.54) is 36.7 Å². The number of pyridine rings is 1. The van der Waals surface area contributed by atoms with Crippen LogP contribution in [0.25, 0.3) is 0 Å². The average Bonchev–Trinajstić information content (AvgIpc) is 3.50. The standard InChI is InChI=1S/C21H22F3NO3/c22-21(23,24)13-28-19-7-8-20(25-11-19)17(12-26)10-18(27)9-14-1-3-15(4-2-14)16-5-6-16/h1-4,7-8,11,16-17,26H,5-6,9-10,12-13H2/t17-/m1/s1. The fourth-order valence-electron chi connectivity index (χ4n) is 3.05. The Morgan fingerprint density at radius 3 is 2.43 bits per heavy atom. The highest BCUT2D eigenvalue weighted by atomic mass is 19.4. The van der Waals surface area contributed by atoms with Crippen LogP contribution in [0.3, 0.4) is 0 Å². The van der Waals surface area contributed by atoms with E-state index in [4.69, 9.17) is 0 Å². The maximum atomic E-state index is 12.4. The summed E-state index contributed by atoms with van der Waals surface area (Å²) in [6.07, 6.45) is -0.418. The minimum atomic E-state index is -4.42. The lowest BCUT2D eigenvalue weighted by atomic mass is 9.95. The van der Waals surface area contributed by atoms with Crippen LogP contribution < -0.4 is 4.74 Å². The maximum Gasteiger partial charge on any atom is 0.422 e. The van der Waals surface area contributed by atoms with E-state index >= 15 is 0 Å². The predicted octanol–water partition coefficient (Wildman–Crippen LogP) is 4.18. The second kappa shape index (κ2) is 8.73. The monoisotopic (exact) mass is 393 g/mol. The van der Waals surface area contributed by atoms with Crippen LogP contribution in [0.15, 0.2) is 42.6 Å². The molecule has 0 saturated heterocycles. The molecule has 1 aromatic heterocycles. The molecule has 2 aromatic rings. The summed E-state index contributed by atoms with van der Waals surface area (Å²) in [6.45, 7) is -1.67. The van der Waals surface area contributed by atoms with E-state index in [0.717, 1.165) is 5.56 Å². The number of aliphatic hydroxyl groups is 1. The lowest BCUT2D eigenvalue weighted by Crippen LogP contribution is -2.19. The van der Waals surface area contributed by atoms with Gasteiger partial charge in [0.25, 0.3) is 0 Å². The molecular weight excluding hydrogens is 371 g/mol. The summed E-state index contributed by atoms with van der Waals surface area (Å²) in [7, 11) is 0. The van der Waals surface area contributed by atoms with Gasteiger partial charge in [0.05, 0.1) is 12.8 Å². The Balaban J connectivity index is 1.54. The van der Waals surface area contributed by atoms with Crippen molar-refractivity contribution in [1.29, 1.82) is 0 Å². The Bertz CT molecular complexity index is 784. The van der Waals surface area contributed by atoms with Crippen molar-refractivity contribution in [2.24, 2.45) is 0 Å². The number of hydrogen-bond donors (Lipinski definition) is 1. The van der Waals surface area contributed by atoms with Crippen LogP contribution in [0.5, 0.6) is 5.75 Å². The van der Waals surface area contributed by atoms with Gasteiger partial charge in [0, 0.05) is 24.5 Å². The van der Waals surface area contributed by atoms with Gasteiger partial charge in [0.2, 0.25) is 0 Å². The molecule has 3 rings (SSSR count). The highest BCUT2D eigenvalue weighted by Gasteiger charge is 2.28. The molecule has 7 heteroatoms. The molecule has 0 amide bonds. The Labute approximate surface area is 161 Å². The van der Waals surface area contributed by atoms with Crippen molar-refractivity contribution in [1.82, 2.24) is 4.98 Å². The number of ether oxygens (including phenoxy) is 1. The molecule has 1 saturated carbocycles. The molecule has 1 aliphatic rings. The minimum absolute atomic E-state index is 0.0140. The molecule has 0 aliphatic heterocycles. The second-order valence-electron chi connectivity index (χ2n) is 7.14. The Morgan fingerprint density at radius 2 is 1.89 bits per heavy atom. The van der Waals surface area contributed by atoms with Crippen LogP contribution in [0, 0.1) is 0 Å². The zero-order chi connectivity index (χ0) is 20.1. The second-order valence-corrected chi connectivity index (χ2v) is 7.14. The molecule has 1 N–H and O–H groups in total. The Morgan fingerprint density at radius 1 is 1.18 bits per heavy atom. The van der Waals surface area contributed by atoms with Crippen LogP contribution in [0.4, 0.5) is 13.2 Å². The van der Waals surface area contributed by atoms with Crippen LogP contribution in [-0.2, 0) is 11.2 Å². The molecule has 4 nitrogen and oxygen atoms in total. The van der Waals surface area contributed by atoms with E-state index in [1.807, 2.05) is 12.1 Å². The van der Waals surface area contributed by atoms with E-state index in [1.54, 1.807) is 0 Å². The average molecular weight is 393 g/mol. The topological polar surface area (TPSA) is 59.4 Å². The van der Waals surface area contributed by atoms with Gasteiger partial charge in [-0.3, -0.25) is 9.78 Å². The third-order valence-corrected chi connectivity index (χ3v) is 4.70. The summed E-state index contributed by atoms with van der Waals surface area (Å²) in [4.78, 5) is 16.4. The fourth-order valence-corrected chi connectivity index (χ4v) is 3.05. The Hall–Kier alpha value is -2.41. The zero-order valence-electron chi connectivity index (χ0n) is 15.3. The lowest BCUT2D eigenvalue weighted by molar-refractivity contribution is -0.153. The van der Waals surface area contributed by atoms with Gasteiger partial charge in [-0.25, -0.2) is 0 Å². The van der Waals surface area contributed by atoms with Gasteiger partial charge in [-0.15, -0.1) is 0 Å². The van der Waals surface area contributed by atoms with Gasteiger partial charge in [-0.2, -0.15) is 13.2 Å². The number of nitrogens with zero attached hydrogens (tertiary/aromatic N) is 1. The normalized spacial score (nSPS) is 15.3. The van der Waals surface area contributed by atoms with E-state index in [-0.39, 0.29) is 31.0 Å². The Kier molecular flexibility index (Phi) is 6.34. The first-order valence-corrected chi connectivity index (χ1v) is 9.21. The first kappa shape index (κ1) is 20.3. The molecule has 1 fully saturated rings. The van der Waals surface area contributed by atoms with Crippen LogP contribution in [0.2, 0.25) is 0 Å². The predicted molar refractivity (Wildman–Crippen MR) is 97.4 cm³/mol. The zero-order valence-corrected chi connectivity index (χ0v) is 15.3. The first-order chi connectivity index (χ1) is 13.3. The van der Waals surface area contributed by atoms with E-state index in [2.05, 4.69) is 21.9 Å². The number of aromatic nitrogens is 1. The van der Waals surface area contributed by atoms with Crippen molar-refractivity contribution < 1.29 is 27.8 Å². The van der Waals surface area contributed by atoms with E-state index in [0.29, 0.717) is 11.6 Å². The molecule has 0 unspecified atom stereocenters. The smallest absolute Gasteiger partial charge is 0.422 e. The summed E-state index contributed by atoms with van der Waals surface area (Å²) in [5.74, 6) is 0.116. The van der Waals surface area contributed by atoms with Gasteiger partial charge in [-0.1, -0.05) is 24.3 Å². The summed E-state index contributed by atoms with van der Waals surface area (Å²) in [5, 5.41) is 9.61. The molecule has 0 radical (unpaired) electrons. The van der Waals surface area contributed by atoms with Crippen molar-refractivity contribution in [3.63, 3.8) is 0 Å². The SMILES string of the molecule is O=C(Cc1ccc(C2CC2)cc1)C[C@H](CO)c1ccc(OCC(F)(F)F)cn1. The molecule has 28 heavy (non-hydrogen) atoms. The summed E-state index contributed by atoms with van der Waals surface area (Å²) >= 11 is 0. The van der Waals surface area contributed by atoms with Gasteiger partial charge in [0.15, 0.2) is 6.61 Å². The van der Waals surface area contributed by atoms with Crippen molar-refractivity contribution in [3.05, 3.63) is 59.4 Å². The van der Waals surface area contributed by atoms with Crippen molar-refractivity contribution in [2.45, 2.75) is 43.7 Å². The third kappa shape index (κ3) is 6.05. The van der Waals surface area contributed by atoms with Gasteiger partial charge in [0.1, 0.15) is 11.5 Å². The summed E-state index contributed by atoms with van der Waals surface area (Å²) in [5.41, 5.74) is 2.68. The number of halogens is 3. The van der Waals surface area contributed by atoms with Crippen molar-refractivity contribution >= 4 is 5.78 Å². The molecule has 1 atom stereocenters. The number of rotatable bonds is 9. The molecule has 0 spiro atoms. The fraction of sp³-hybridized carbons (Fsp3) is 0.429. The number of carbonyl (C=O) groups excluding carboxylic acids is 1. The number of alkyl halides is 3. The summed E-state index contributed by atoms with van der Waals surface area (Å²) in [6, 6.07) is 10.9. The number of benzene rings is 1. The largest absolute Gasteiger partial charge is 0.483 e. The first-order valence-electron chi connectivity index (χ1n) is 9.21. The molecule has 1 aliphatic carbocycles. The number of hydrogen-bond acceptors (Lipinski definition) is 4.